The second-order valence-corrected chi connectivity index (χ2v) is 10.2. The summed E-state index contributed by atoms with van der Waals surface area (Å²) in [4.78, 5) is 12.8. The van der Waals surface area contributed by atoms with Crippen molar-refractivity contribution in [1.29, 1.82) is 0 Å². The number of anilines is 1. The first-order valence-corrected chi connectivity index (χ1v) is 11.6. The Balaban J connectivity index is 1.42. The van der Waals surface area contributed by atoms with Gasteiger partial charge in [-0.15, -0.1) is 0 Å². The van der Waals surface area contributed by atoms with Crippen LogP contribution in [0.5, 0.6) is 0 Å². The van der Waals surface area contributed by atoms with E-state index in [1.165, 1.54) is 12.8 Å². The number of halogens is 1. The number of nitrogens with zero attached hydrogens (tertiary/aromatic N) is 2. The predicted molar refractivity (Wildman–Crippen MR) is 131 cm³/mol. The van der Waals surface area contributed by atoms with Crippen LogP contribution in [0.2, 0.25) is 5.02 Å². The van der Waals surface area contributed by atoms with E-state index in [0.29, 0.717) is 21.8 Å². The summed E-state index contributed by atoms with van der Waals surface area (Å²) in [5.41, 5.74) is 9.64. The van der Waals surface area contributed by atoms with E-state index in [4.69, 9.17) is 17.3 Å². The van der Waals surface area contributed by atoms with Crippen LogP contribution in [-0.4, -0.2) is 21.7 Å². The maximum atomic E-state index is 12.8. The first-order chi connectivity index (χ1) is 15.2. The molecule has 3 N–H and O–H groups in total. The first kappa shape index (κ1) is 22.4. The van der Waals surface area contributed by atoms with Gasteiger partial charge in [0.25, 0.3) is 5.91 Å². The van der Waals surface area contributed by atoms with Gasteiger partial charge in [-0.3, -0.25) is 4.79 Å². The van der Waals surface area contributed by atoms with Gasteiger partial charge in [0.2, 0.25) is 0 Å². The zero-order valence-corrected chi connectivity index (χ0v) is 19.7. The number of nitrogens with two attached hydrogens (primary N) is 1. The van der Waals surface area contributed by atoms with Crippen LogP contribution in [0.3, 0.4) is 0 Å². The predicted octanol–water partition coefficient (Wildman–Crippen LogP) is 6.11. The molecule has 1 saturated carbocycles. The maximum absolute atomic E-state index is 12.8. The fourth-order valence-electron chi connectivity index (χ4n) is 4.52. The van der Waals surface area contributed by atoms with Crippen molar-refractivity contribution in [3.05, 3.63) is 65.2 Å². The van der Waals surface area contributed by atoms with Crippen LogP contribution in [0.15, 0.2) is 54.6 Å². The summed E-state index contributed by atoms with van der Waals surface area (Å²) in [6.45, 7) is 6.92. The number of amides is 1. The van der Waals surface area contributed by atoms with Crippen molar-refractivity contribution in [2.45, 2.75) is 52.5 Å². The van der Waals surface area contributed by atoms with Gasteiger partial charge in [0.05, 0.1) is 11.4 Å². The fourth-order valence-corrected chi connectivity index (χ4v) is 4.71. The Kier molecular flexibility index (Phi) is 6.29. The molecule has 168 valence electrons. The van der Waals surface area contributed by atoms with Crippen LogP contribution < -0.4 is 11.1 Å². The molecule has 0 unspecified atom stereocenters. The zero-order chi connectivity index (χ0) is 22.9. The van der Waals surface area contributed by atoms with E-state index >= 15 is 0 Å². The normalized spacial score (nSPS) is 19.0. The van der Waals surface area contributed by atoms with Crippen LogP contribution in [0.25, 0.3) is 16.9 Å². The summed E-state index contributed by atoms with van der Waals surface area (Å²) >= 11 is 6.10. The Morgan fingerprint density at radius 1 is 1.06 bits per heavy atom. The Hall–Kier alpha value is -2.79. The van der Waals surface area contributed by atoms with Crippen molar-refractivity contribution >= 4 is 23.3 Å². The molecule has 1 heterocycles. The molecule has 1 amide bonds. The largest absolute Gasteiger partial charge is 0.384 e. The second-order valence-electron chi connectivity index (χ2n) is 9.81. The first-order valence-electron chi connectivity index (χ1n) is 11.2. The van der Waals surface area contributed by atoms with Gasteiger partial charge in [0.1, 0.15) is 5.82 Å². The molecule has 3 aromatic rings. The van der Waals surface area contributed by atoms with Gasteiger partial charge in [-0.2, -0.15) is 5.10 Å². The van der Waals surface area contributed by atoms with Crippen LogP contribution in [0, 0.1) is 11.3 Å². The molecule has 1 aliphatic carbocycles. The number of nitrogens with one attached hydrogen (secondary N) is 1. The molecule has 0 aliphatic heterocycles. The molecule has 5 nitrogen and oxygen atoms in total. The molecule has 1 aliphatic rings. The molecule has 0 radical (unpaired) electrons. The van der Waals surface area contributed by atoms with Gasteiger partial charge in [0.15, 0.2) is 0 Å². The lowest BCUT2D eigenvalue weighted by Crippen LogP contribution is -2.39. The summed E-state index contributed by atoms with van der Waals surface area (Å²) in [7, 11) is 0. The quantitative estimate of drug-likeness (QED) is 0.503. The second kappa shape index (κ2) is 8.99. The van der Waals surface area contributed by atoms with Crippen molar-refractivity contribution in [2.24, 2.45) is 11.3 Å². The minimum atomic E-state index is -0.0242. The van der Waals surface area contributed by atoms with Crippen LogP contribution >= 0.6 is 11.6 Å². The topological polar surface area (TPSA) is 72.9 Å². The molecule has 0 atom stereocenters. The monoisotopic (exact) mass is 450 g/mol. The SMILES string of the molecule is CC(C)(C)C1CCC(NC(=O)c2ccc(-n3nc(-c4cccc(Cl)c4)cc3N)cc2)CC1. The number of nitrogen functional groups attached to an aromatic ring is 1. The molecule has 1 aromatic heterocycles. The highest BCUT2D eigenvalue weighted by atomic mass is 35.5. The third kappa shape index (κ3) is 4.99. The van der Waals surface area contributed by atoms with Gasteiger partial charge in [-0.05, 0) is 73.4 Å². The zero-order valence-electron chi connectivity index (χ0n) is 18.9. The molecular weight excluding hydrogens is 420 g/mol. The highest BCUT2D eigenvalue weighted by Gasteiger charge is 2.30. The molecule has 0 saturated heterocycles. The third-order valence-corrected chi connectivity index (χ3v) is 6.75. The lowest BCUT2D eigenvalue weighted by Gasteiger charge is -2.37. The number of hydrogen-bond donors (Lipinski definition) is 2. The average molecular weight is 451 g/mol. The van der Waals surface area contributed by atoms with Crippen LogP contribution in [0.4, 0.5) is 5.82 Å². The van der Waals surface area contributed by atoms with E-state index in [1.54, 1.807) is 4.68 Å². The van der Waals surface area contributed by atoms with Gasteiger partial charge in [0, 0.05) is 28.3 Å². The number of benzene rings is 2. The van der Waals surface area contributed by atoms with E-state index in [1.807, 2.05) is 54.6 Å². The molecular formula is C26H31ClN4O. The summed E-state index contributed by atoms with van der Waals surface area (Å²) in [5.74, 6) is 1.22. The summed E-state index contributed by atoms with van der Waals surface area (Å²) in [6.07, 6.45) is 4.42. The van der Waals surface area contributed by atoms with E-state index in [2.05, 4.69) is 31.2 Å². The summed E-state index contributed by atoms with van der Waals surface area (Å²) in [5, 5.41) is 8.48. The van der Waals surface area contributed by atoms with Crippen molar-refractivity contribution in [1.82, 2.24) is 15.1 Å². The smallest absolute Gasteiger partial charge is 0.251 e. The number of aromatic nitrogens is 2. The van der Waals surface area contributed by atoms with Gasteiger partial charge in [-0.1, -0.05) is 44.5 Å². The van der Waals surface area contributed by atoms with Crippen LogP contribution in [0.1, 0.15) is 56.8 Å². The van der Waals surface area contributed by atoms with Crippen LogP contribution in [-0.2, 0) is 0 Å². The number of rotatable bonds is 4. The average Bonchev–Trinajstić information content (AvgIpc) is 3.15. The van der Waals surface area contributed by atoms with Gasteiger partial charge < -0.3 is 11.1 Å². The van der Waals surface area contributed by atoms with E-state index in [0.717, 1.165) is 35.7 Å². The molecule has 2 aromatic carbocycles. The Morgan fingerprint density at radius 2 is 1.75 bits per heavy atom. The van der Waals surface area contributed by atoms with Crippen molar-refractivity contribution in [3.63, 3.8) is 0 Å². The summed E-state index contributed by atoms with van der Waals surface area (Å²) < 4.78 is 1.67. The van der Waals surface area contributed by atoms with Crippen molar-refractivity contribution in [2.75, 3.05) is 5.73 Å². The highest BCUT2D eigenvalue weighted by Crippen LogP contribution is 2.37. The van der Waals surface area contributed by atoms with Crippen molar-refractivity contribution in [3.8, 4) is 16.9 Å². The number of carbonyl (C=O) groups excluding carboxylic acids is 1. The fraction of sp³-hybridized carbons (Fsp3) is 0.385. The van der Waals surface area contributed by atoms with E-state index in [-0.39, 0.29) is 11.9 Å². The van der Waals surface area contributed by atoms with Gasteiger partial charge >= 0.3 is 0 Å². The van der Waals surface area contributed by atoms with Gasteiger partial charge in [-0.25, -0.2) is 4.68 Å². The minimum Gasteiger partial charge on any atom is -0.384 e. The van der Waals surface area contributed by atoms with E-state index < -0.39 is 0 Å². The molecule has 32 heavy (non-hydrogen) atoms. The Labute approximate surface area is 195 Å². The Morgan fingerprint density at radius 3 is 2.38 bits per heavy atom. The third-order valence-electron chi connectivity index (χ3n) is 6.52. The molecule has 6 heteroatoms. The molecule has 0 bridgehead atoms. The highest BCUT2D eigenvalue weighted by molar-refractivity contribution is 6.30. The lowest BCUT2D eigenvalue weighted by molar-refractivity contribution is 0.0904. The maximum Gasteiger partial charge on any atom is 0.251 e. The minimum absolute atomic E-state index is 0.0242. The number of carbonyl (C=O) groups is 1. The van der Waals surface area contributed by atoms with E-state index in [9.17, 15) is 4.79 Å². The number of hydrogen-bond acceptors (Lipinski definition) is 3. The van der Waals surface area contributed by atoms with Crippen molar-refractivity contribution < 1.29 is 4.79 Å². The lowest BCUT2D eigenvalue weighted by atomic mass is 9.71. The molecule has 1 fully saturated rings. The standard InChI is InChI=1S/C26H31ClN4O/c1-26(2,3)19-9-11-21(12-10-19)29-25(32)17-7-13-22(14-8-17)31-24(28)16-23(30-31)18-5-4-6-20(27)15-18/h4-8,13-16,19,21H,9-12,28H2,1-3H3,(H,29,32). The molecule has 0 spiro atoms. The summed E-state index contributed by atoms with van der Waals surface area (Å²) in [6, 6.07) is 17.0. The molecule has 4 rings (SSSR count). The Bertz CT molecular complexity index is 1090.